The van der Waals surface area contributed by atoms with Gasteiger partial charge in [-0.05, 0) is 18.4 Å². The van der Waals surface area contributed by atoms with Crippen molar-refractivity contribution in [2.75, 3.05) is 0 Å². The molecule has 116 valence electrons. The molecule has 1 aromatic heterocycles. The lowest BCUT2D eigenvalue weighted by atomic mass is 10.2. The van der Waals surface area contributed by atoms with Crippen molar-refractivity contribution in [3.05, 3.63) is 53.3 Å². The van der Waals surface area contributed by atoms with E-state index in [1.165, 1.54) is 0 Å². The average molecular weight is 309 g/mol. The maximum atomic E-state index is 13.3. The van der Waals surface area contributed by atoms with Gasteiger partial charge >= 0.3 is 6.18 Å². The molecule has 1 saturated carbocycles. The molecule has 0 spiro atoms. The van der Waals surface area contributed by atoms with Crippen LogP contribution in [0.2, 0.25) is 0 Å². The summed E-state index contributed by atoms with van der Waals surface area (Å²) in [5, 5.41) is 6.33. The number of halogens is 3. The molecule has 3 rings (SSSR count). The summed E-state index contributed by atoms with van der Waals surface area (Å²) in [4.78, 5) is 12.0. The second kappa shape index (κ2) is 5.47. The molecule has 1 heterocycles. The van der Waals surface area contributed by atoms with Gasteiger partial charge in [-0.2, -0.15) is 18.3 Å². The van der Waals surface area contributed by atoms with E-state index in [0.29, 0.717) is 5.56 Å². The summed E-state index contributed by atoms with van der Waals surface area (Å²) < 4.78 is 40.8. The van der Waals surface area contributed by atoms with E-state index in [-0.39, 0.29) is 12.6 Å². The van der Waals surface area contributed by atoms with E-state index in [4.69, 9.17) is 0 Å². The van der Waals surface area contributed by atoms with Crippen molar-refractivity contribution in [1.82, 2.24) is 15.1 Å². The van der Waals surface area contributed by atoms with Gasteiger partial charge in [-0.1, -0.05) is 30.3 Å². The van der Waals surface area contributed by atoms with Crippen molar-refractivity contribution in [2.45, 2.75) is 31.6 Å². The lowest BCUT2D eigenvalue weighted by Crippen LogP contribution is -2.28. The van der Waals surface area contributed by atoms with Crippen LogP contribution in [-0.4, -0.2) is 21.7 Å². The molecule has 0 atom stereocenters. The van der Waals surface area contributed by atoms with E-state index < -0.39 is 23.3 Å². The van der Waals surface area contributed by atoms with E-state index in [0.717, 1.165) is 23.7 Å². The number of rotatable bonds is 4. The maximum absolute atomic E-state index is 13.3. The Labute approximate surface area is 124 Å². The van der Waals surface area contributed by atoms with Gasteiger partial charge < -0.3 is 5.32 Å². The molecule has 0 radical (unpaired) electrons. The van der Waals surface area contributed by atoms with Crippen LogP contribution < -0.4 is 5.32 Å². The molecular weight excluding hydrogens is 295 g/mol. The van der Waals surface area contributed by atoms with Crippen LogP contribution in [0.1, 0.15) is 34.5 Å². The summed E-state index contributed by atoms with van der Waals surface area (Å²) in [7, 11) is 0. The normalized spacial score (nSPS) is 14.9. The number of nitrogens with zero attached hydrogens (tertiary/aromatic N) is 2. The minimum atomic E-state index is -4.64. The molecule has 0 aliphatic heterocycles. The first-order valence-electron chi connectivity index (χ1n) is 6.93. The van der Waals surface area contributed by atoms with Crippen molar-refractivity contribution in [1.29, 1.82) is 0 Å². The van der Waals surface area contributed by atoms with Crippen LogP contribution in [0.15, 0.2) is 36.5 Å². The fraction of sp³-hybridized carbons (Fsp3) is 0.333. The van der Waals surface area contributed by atoms with E-state index >= 15 is 0 Å². The zero-order valence-corrected chi connectivity index (χ0v) is 11.6. The maximum Gasteiger partial charge on any atom is 0.433 e. The number of amides is 1. The van der Waals surface area contributed by atoms with Gasteiger partial charge in [-0.25, -0.2) is 0 Å². The number of hydrogen-bond donors (Lipinski definition) is 1. The van der Waals surface area contributed by atoms with Crippen LogP contribution in [0.25, 0.3) is 0 Å². The zero-order valence-electron chi connectivity index (χ0n) is 11.6. The van der Waals surface area contributed by atoms with Crippen molar-refractivity contribution in [3.8, 4) is 0 Å². The van der Waals surface area contributed by atoms with E-state index in [9.17, 15) is 18.0 Å². The lowest BCUT2D eigenvalue weighted by molar-refractivity contribution is -0.144. The molecule has 1 aliphatic rings. The van der Waals surface area contributed by atoms with Gasteiger partial charge in [-0.3, -0.25) is 9.48 Å². The number of alkyl halides is 3. The first-order valence-corrected chi connectivity index (χ1v) is 6.93. The summed E-state index contributed by atoms with van der Waals surface area (Å²) in [6.45, 7) is -0.0353. The van der Waals surface area contributed by atoms with Gasteiger partial charge in [0.05, 0.1) is 18.3 Å². The van der Waals surface area contributed by atoms with E-state index in [2.05, 4.69) is 10.4 Å². The third-order valence-electron chi connectivity index (χ3n) is 3.44. The number of carbonyl (C=O) groups excluding carboxylic acids is 1. The molecule has 0 bridgehead atoms. The zero-order chi connectivity index (χ0) is 15.7. The van der Waals surface area contributed by atoms with Crippen molar-refractivity contribution in [2.24, 2.45) is 0 Å². The molecule has 0 saturated heterocycles. The highest BCUT2D eigenvalue weighted by atomic mass is 19.4. The Morgan fingerprint density at radius 1 is 1.27 bits per heavy atom. The van der Waals surface area contributed by atoms with Crippen LogP contribution in [0.4, 0.5) is 13.2 Å². The topological polar surface area (TPSA) is 46.9 Å². The number of benzene rings is 1. The van der Waals surface area contributed by atoms with Crippen LogP contribution in [0.5, 0.6) is 0 Å². The molecule has 4 nitrogen and oxygen atoms in total. The van der Waals surface area contributed by atoms with E-state index in [1.54, 1.807) is 30.3 Å². The van der Waals surface area contributed by atoms with Crippen molar-refractivity contribution >= 4 is 5.91 Å². The van der Waals surface area contributed by atoms with Crippen LogP contribution >= 0.6 is 0 Å². The minimum Gasteiger partial charge on any atom is -0.349 e. The number of carbonyl (C=O) groups is 1. The predicted octanol–water partition coefficient (Wildman–Crippen LogP) is 2.84. The lowest BCUT2D eigenvalue weighted by Gasteiger charge is -2.12. The number of aromatic nitrogens is 2. The fourth-order valence-electron chi connectivity index (χ4n) is 2.22. The molecular formula is C15H14F3N3O. The Morgan fingerprint density at radius 3 is 2.55 bits per heavy atom. The molecule has 1 aromatic carbocycles. The largest absolute Gasteiger partial charge is 0.433 e. The van der Waals surface area contributed by atoms with Crippen LogP contribution in [0, 0.1) is 0 Å². The molecule has 1 N–H and O–H groups in total. The van der Waals surface area contributed by atoms with Gasteiger partial charge in [0.15, 0.2) is 5.69 Å². The van der Waals surface area contributed by atoms with Gasteiger partial charge in [0.25, 0.3) is 5.91 Å². The average Bonchev–Trinajstić information content (AvgIpc) is 3.15. The Balaban J connectivity index is 1.92. The highest BCUT2D eigenvalue weighted by Crippen LogP contribution is 2.33. The SMILES string of the molecule is O=C(NC1CC1)c1cnn(Cc2ccccc2)c1C(F)(F)F. The predicted molar refractivity (Wildman–Crippen MR) is 73.3 cm³/mol. The summed E-state index contributed by atoms with van der Waals surface area (Å²) in [5.74, 6) is -0.714. The number of nitrogens with one attached hydrogen (secondary N) is 1. The Morgan fingerprint density at radius 2 is 1.95 bits per heavy atom. The molecule has 2 aromatic rings. The first-order chi connectivity index (χ1) is 10.4. The molecule has 7 heteroatoms. The third kappa shape index (κ3) is 3.13. The highest BCUT2D eigenvalue weighted by Gasteiger charge is 2.40. The third-order valence-corrected chi connectivity index (χ3v) is 3.44. The first kappa shape index (κ1) is 14.6. The number of hydrogen-bond acceptors (Lipinski definition) is 2. The molecule has 22 heavy (non-hydrogen) atoms. The molecule has 1 amide bonds. The summed E-state index contributed by atoms with van der Waals surface area (Å²) >= 11 is 0. The van der Waals surface area contributed by atoms with Gasteiger partial charge in [0.1, 0.15) is 0 Å². The highest BCUT2D eigenvalue weighted by molar-refractivity contribution is 5.95. The summed E-state index contributed by atoms with van der Waals surface area (Å²) in [6.07, 6.45) is -2.03. The van der Waals surface area contributed by atoms with Crippen LogP contribution in [-0.2, 0) is 12.7 Å². The standard InChI is InChI=1S/C15H14F3N3O/c16-15(17,18)13-12(14(22)20-11-6-7-11)8-19-21(13)9-10-4-2-1-3-5-10/h1-5,8,11H,6-7,9H2,(H,20,22). The van der Waals surface area contributed by atoms with Crippen molar-refractivity contribution < 1.29 is 18.0 Å². The second-order valence-corrected chi connectivity index (χ2v) is 5.30. The Kier molecular flexibility index (Phi) is 3.64. The molecule has 0 unspecified atom stereocenters. The Bertz CT molecular complexity index is 675. The fourth-order valence-corrected chi connectivity index (χ4v) is 2.22. The van der Waals surface area contributed by atoms with Gasteiger partial charge in [0.2, 0.25) is 0 Å². The second-order valence-electron chi connectivity index (χ2n) is 5.30. The molecule has 1 fully saturated rings. The van der Waals surface area contributed by atoms with Gasteiger partial charge in [0, 0.05) is 6.04 Å². The van der Waals surface area contributed by atoms with Crippen molar-refractivity contribution in [3.63, 3.8) is 0 Å². The monoisotopic (exact) mass is 309 g/mol. The van der Waals surface area contributed by atoms with Crippen LogP contribution in [0.3, 0.4) is 0 Å². The quantitative estimate of drug-likeness (QED) is 0.944. The molecule has 1 aliphatic carbocycles. The Hall–Kier alpha value is -2.31. The minimum absolute atomic E-state index is 0.00828. The van der Waals surface area contributed by atoms with E-state index in [1.807, 2.05) is 0 Å². The summed E-state index contributed by atoms with van der Waals surface area (Å²) in [6, 6.07) is 8.69. The van der Waals surface area contributed by atoms with Gasteiger partial charge in [-0.15, -0.1) is 0 Å². The summed E-state index contributed by atoms with van der Waals surface area (Å²) in [5.41, 5.74) is -0.741. The smallest absolute Gasteiger partial charge is 0.349 e.